The fourth-order valence-corrected chi connectivity index (χ4v) is 3.48. The van der Waals surface area contributed by atoms with Gasteiger partial charge in [-0.3, -0.25) is 9.59 Å². The van der Waals surface area contributed by atoms with Crippen molar-refractivity contribution in [3.05, 3.63) is 47.3 Å². The van der Waals surface area contributed by atoms with Crippen LogP contribution in [0.2, 0.25) is 0 Å². The molecule has 1 unspecified atom stereocenters. The Morgan fingerprint density at radius 1 is 1.22 bits per heavy atom. The van der Waals surface area contributed by atoms with Crippen molar-refractivity contribution >= 4 is 23.5 Å². The number of benzene rings is 1. The Labute approximate surface area is 181 Å². The number of nitrogens with zero attached hydrogens (tertiary/aromatic N) is 2. The predicted molar refractivity (Wildman–Crippen MR) is 108 cm³/mol. The maximum atomic E-state index is 12.8. The molecule has 172 valence electrons. The smallest absolute Gasteiger partial charge is 0.406 e. The van der Waals surface area contributed by atoms with E-state index in [-0.39, 0.29) is 23.5 Å². The first-order chi connectivity index (χ1) is 15.0. The van der Waals surface area contributed by atoms with E-state index < -0.39 is 43.2 Å². The quantitative estimate of drug-likeness (QED) is 0.703. The van der Waals surface area contributed by atoms with E-state index >= 15 is 0 Å². The van der Waals surface area contributed by atoms with Crippen LogP contribution in [0.4, 0.5) is 18.9 Å². The number of carbonyl (C=O) groups excluding carboxylic acids is 3. The van der Waals surface area contributed by atoms with Crippen LogP contribution in [0.15, 0.2) is 30.3 Å². The number of amides is 2. The van der Waals surface area contributed by atoms with Crippen molar-refractivity contribution in [1.29, 1.82) is 0 Å². The summed E-state index contributed by atoms with van der Waals surface area (Å²) in [5, 5.41) is 2.46. The summed E-state index contributed by atoms with van der Waals surface area (Å²) in [5.41, 5.74) is 0.699. The van der Waals surface area contributed by atoms with E-state index in [1.807, 2.05) is 0 Å². The van der Waals surface area contributed by atoms with Crippen molar-refractivity contribution < 1.29 is 37.0 Å². The van der Waals surface area contributed by atoms with E-state index in [4.69, 9.17) is 9.47 Å². The molecule has 0 bridgehead atoms. The van der Waals surface area contributed by atoms with Crippen molar-refractivity contribution in [3.8, 4) is 5.75 Å². The first-order valence-corrected chi connectivity index (χ1v) is 9.70. The van der Waals surface area contributed by atoms with Gasteiger partial charge in [0.25, 0.3) is 11.8 Å². The molecule has 11 heteroatoms. The van der Waals surface area contributed by atoms with Gasteiger partial charge in [-0.1, -0.05) is 12.1 Å². The zero-order chi connectivity index (χ0) is 23.6. The van der Waals surface area contributed by atoms with E-state index in [9.17, 15) is 27.6 Å². The minimum atomic E-state index is -4.45. The molecule has 2 amide bonds. The third kappa shape index (κ3) is 4.87. The van der Waals surface area contributed by atoms with Crippen LogP contribution in [0, 0.1) is 13.8 Å². The van der Waals surface area contributed by atoms with Crippen LogP contribution in [-0.2, 0) is 20.9 Å². The molecule has 1 aromatic heterocycles. The summed E-state index contributed by atoms with van der Waals surface area (Å²) in [7, 11) is 1.44. The zero-order valence-corrected chi connectivity index (χ0v) is 17.7. The van der Waals surface area contributed by atoms with Crippen molar-refractivity contribution in [1.82, 2.24) is 9.88 Å². The van der Waals surface area contributed by atoms with E-state index in [0.29, 0.717) is 11.4 Å². The second-order valence-corrected chi connectivity index (χ2v) is 7.26. The van der Waals surface area contributed by atoms with Gasteiger partial charge in [-0.25, -0.2) is 4.79 Å². The standard InChI is InChI=1S/C21H22F3N3O5/c1-12-8-14(13(2)27(12)11-21(22,23)24)20(30)31-10-18(28)26-9-17(19(29)25-3)32-16-7-5-4-6-15(16)26/h4-8,17H,9-11H2,1-3H3,(H,25,29). The molecule has 0 fully saturated rings. The first-order valence-electron chi connectivity index (χ1n) is 9.70. The highest BCUT2D eigenvalue weighted by Gasteiger charge is 2.34. The Hall–Kier alpha value is -3.50. The Balaban J connectivity index is 1.73. The van der Waals surface area contributed by atoms with E-state index in [1.165, 1.54) is 31.9 Å². The number of fused-ring (bicyclic) bond motifs is 1. The summed E-state index contributed by atoms with van der Waals surface area (Å²) in [5.74, 6) is -1.62. The van der Waals surface area contributed by atoms with Crippen LogP contribution in [0.3, 0.4) is 0 Å². The molecule has 2 aromatic rings. The number of rotatable bonds is 5. The summed E-state index contributed by atoms with van der Waals surface area (Å²) < 4.78 is 50.0. The van der Waals surface area contributed by atoms with Gasteiger partial charge in [0.1, 0.15) is 12.3 Å². The number of ether oxygens (including phenoxy) is 2. The largest absolute Gasteiger partial charge is 0.477 e. The highest BCUT2D eigenvalue weighted by molar-refractivity contribution is 6.00. The lowest BCUT2D eigenvalue weighted by Crippen LogP contribution is -2.51. The maximum Gasteiger partial charge on any atom is 0.406 e. The highest BCUT2D eigenvalue weighted by Crippen LogP contribution is 2.33. The van der Waals surface area contributed by atoms with Crippen LogP contribution in [0.25, 0.3) is 0 Å². The maximum absolute atomic E-state index is 12.8. The monoisotopic (exact) mass is 453 g/mol. The zero-order valence-electron chi connectivity index (χ0n) is 17.7. The van der Waals surface area contributed by atoms with Crippen molar-refractivity contribution in [2.75, 3.05) is 25.1 Å². The molecule has 2 heterocycles. The lowest BCUT2D eigenvalue weighted by Gasteiger charge is -2.33. The van der Waals surface area contributed by atoms with Gasteiger partial charge in [-0.2, -0.15) is 13.2 Å². The summed E-state index contributed by atoms with van der Waals surface area (Å²) in [6, 6.07) is 7.89. The molecule has 1 N–H and O–H groups in total. The molecule has 1 aliphatic heterocycles. The molecule has 0 saturated heterocycles. The molecule has 1 aliphatic rings. The van der Waals surface area contributed by atoms with Gasteiger partial charge in [0, 0.05) is 18.4 Å². The fraction of sp³-hybridized carbons (Fsp3) is 0.381. The van der Waals surface area contributed by atoms with Gasteiger partial charge < -0.3 is 24.3 Å². The lowest BCUT2D eigenvalue weighted by molar-refractivity contribution is -0.141. The molecule has 0 saturated carbocycles. The summed E-state index contributed by atoms with van der Waals surface area (Å²) >= 11 is 0. The molecular formula is C21H22F3N3O5. The summed E-state index contributed by atoms with van der Waals surface area (Å²) in [4.78, 5) is 38.6. The number of carbonyl (C=O) groups is 3. The summed E-state index contributed by atoms with van der Waals surface area (Å²) in [6.45, 7) is 0.847. The van der Waals surface area contributed by atoms with Crippen LogP contribution >= 0.6 is 0 Å². The van der Waals surface area contributed by atoms with E-state index in [0.717, 1.165) is 4.57 Å². The topological polar surface area (TPSA) is 89.9 Å². The number of nitrogens with one attached hydrogen (secondary N) is 1. The molecule has 3 rings (SSSR count). The Bertz CT molecular complexity index is 1050. The first kappa shape index (κ1) is 23.2. The average molecular weight is 453 g/mol. The van der Waals surface area contributed by atoms with Gasteiger partial charge in [-0.05, 0) is 32.0 Å². The Morgan fingerprint density at radius 2 is 1.91 bits per heavy atom. The Kier molecular flexibility index (Phi) is 6.47. The highest BCUT2D eigenvalue weighted by atomic mass is 19.4. The van der Waals surface area contributed by atoms with Crippen molar-refractivity contribution in [2.45, 2.75) is 32.7 Å². The predicted octanol–water partition coefficient (Wildman–Crippen LogP) is 2.36. The SMILES string of the molecule is CNC(=O)C1CN(C(=O)COC(=O)c2cc(C)n(CC(F)(F)F)c2C)c2ccccc2O1. The minimum absolute atomic E-state index is 0.0508. The normalized spacial score (nSPS) is 15.6. The fourth-order valence-electron chi connectivity index (χ4n) is 3.48. The summed E-state index contributed by atoms with van der Waals surface area (Å²) in [6.07, 6.45) is -5.40. The molecule has 0 aliphatic carbocycles. The average Bonchev–Trinajstić information content (AvgIpc) is 3.02. The van der Waals surface area contributed by atoms with Gasteiger partial charge in [0.15, 0.2) is 12.7 Å². The molecule has 0 spiro atoms. The number of para-hydroxylation sites is 2. The van der Waals surface area contributed by atoms with Gasteiger partial charge in [0.2, 0.25) is 0 Å². The van der Waals surface area contributed by atoms with E-state index in [2.05, 4.69) is 5.32 Å². The molecular weight excluding hydrogens is 431 g/mol. The number of esters is 1. The van der Waals surface area contributed by atoms with Crippen molar-refractivity contribution in [3.63, 3.8) is 0 Å². The molecule has 8 nitrogen and oxygen atoms in total. The number of alkyl halides is 3. The van der Waals surface area contributed by atoms with Crippen LogP contribution in [-0.4, -0.2) is 54.8 Å². The molecule has 0 radical (unpaired) electrons. The van der Waals surface area contributed by atoms with E-state index in [1.54, 1.807) is 24.3 Å². The lowest BCUT2D eigenvalue weighted by atomic mass is 10.1. The number of anilines is 1. The van der Waals surface area contributed by atoms with Gasteiger partial charge in [-0.15, -0.1) is 0 Å². The number of aromatic nitrogens is 1. The van der Waals surface area contributed by atoms with Crippen molar-refractivity contribution in [2.24, 2.45) is 0 Å². The third-order valence-electron chi connectivity index (χ3n) is 5.07. The van der Waals surface area contributed by atoms with Crippen LogP contribution in [0.1, 0.15) is 21.7 Å². The second-order valence-electron chi connectivity index (χ2n) is 7.26. The number of hydrogen-bond donors (Lipinski definition) is 1. The molecule has 1 aromatic carbocycles. The van der Waals surface area contributed by atoms with Crippen LogP contribution in [0.5, 0.6) is 5.75 Å². The Morgan fingerprint density at radius 3 is 2.56 bits per heavy atom. The number of halogens is 3. The molecule has 32 heavy (non-hydrogen) atoms. The second kappa shape index (κ2) is 8.93. The number of hydrogen-bond acceptors (Lipinski definition) is 5. The number of aryl methyl sites for hydroxylation is 1. The van der Waals surface area contributed by atoms with Gasteiger partial charge in [0.05, 0.1) is 17.8 Å². The minimum Gasteiger partial charge on any atom is -0.477 e. The van der Waals surface area contributed by atoms with Gasteiger partial charge >= 0.3 is 12.1 Å². The van der Waals surface area contributed by atoms with Crippen LogP contribution < -0.4 is 15.0 Å². The number of likely N-dealkylation sites (N-methyl/N-ethyl adjacent to an activating group) is 1. The molecule has 1 atom stereocenters. The third-order valence-corrected chi connectivity index (χ3v) is 5.07.